The first-order valence-corrected chi connectivity index (χ1v) is 10.7. The largest absolute Gasteiger partial charge is 0.352 e. The van der Waals surface area contributed by atoms with Crippen LogP contribution in [-0.4, -0.2) is 78.4 Å². The molecule has 3 aromatic rings. The number of aromatic nitrogens is 6. The van der Waals surface area contributed by atoms with Gasteiger partial charge in [0.05, 0.1) is 30.3 Å². The Balaban J connectivity index is 1.42. The van der Waals surface area contributed by atoms with E-state index in [1.54, 1.807) is 11.6 Å². The number of hydrogen-bond acceptors (Lipinski definition) is 7. The number of rotatable bonds is 4. The van der Waals surface area contributed by atoms with Crippen molar-refractivity contribution in [3.05, 3.63) is 41.7 Å². The minimum Gasteiger partial charge on any atom is -0.352 e. The molecule has 0 aromatic carbocycles. The molecule has 2 aliphatic heterocycles. The summed E-state index contributed by atoms with van der Waals surface area (Å²) in [5.74, 6) is 0.999. The second-order valence-corrected chi connectivity index (χ2v) is 8.25. The number of nitrogens with zero attached hydrogens (tertiary/aromatic N) is 8. The number of nitrogens with one attached hydrogen (secondary N) is 1. The lowest BCUT2D eigenvalue weighted by atomic mass is 10.1. The zero-order valence-corrected chi connectivity index (χ0v) is 18.0. The Morgan fingerprint density at radius 2 is 1.94 bits per heavy atom. The van der Waals surface area contributed by atoms with Crippen molar-refractivity contribution in [3.63, 3.8) is 0 Å². The standard InChI is InChI=1S/C21H27N9O/c1-15(31)30-4-3-18-19(14-30)25-20(17-11-24-27(2)13-17)21(26-18)29-7-5-28(6-8-29)12-16-9-22-23-10-16/h9-11,13H,3-8,12,14H2,1-2H3,(H,22,23). The number of H-pyrrole nitrogens is 1. The van der Waals surface area contributed by atoms with Gasteiger partial charge in [0.15, 0.2) is 5.82 Å². The molecule has 0 aliphatic carbocycles. The third-order valence-corrected chi connectivity index (χ3v) is 6.05. The number of carbonyl (C=O) groups is 1. The van der Waals surface area contributed by atoms with E-state index >= 15 is 0 Å². The van der Waals surface area contributed by atoms with Crippen LogP contribution >= 0.6 is 0 Å². The summed E-state index contributed by atoms with van der Waals surface area (Å²) >= 11 is 0. The second kappa shape index (κ2) is 8.10. The summed E-state index contributed by atoms with van der Waals surface area (Å²) in [6, 6.07) is 0. The molecule has 0 spiro atoms. The van der Waals surface area contributed by atoms with E-state index in [1.165, 1.54) is 5.56 Å². The summed E-state index contributed by atoms with van der Waals surface area (Å²) in [6.45, 7) is 7.40. The lowest BCUT2D eigenvalue weighted by molar-refractivity contribution is -0.129. The average Bonchev–Trinajstić information content (AvgIpc) is 3.44. The van der Waals surface area contributed by atoms with Gasteiger partial charge in [-0.1, -0.05) is 0 Å². The number of fused-ring (bicyclic) bond motifs is 1. The molecule has 5 rings (SSSR count). The highest BCUT2D eigenvalue weighted by molar-refractivity contribution is 5.74. The molecule has 10 heteroatoms. The first-order valence-electron chi connectivity index (χ1n) is 10.7. The van der Waals surface area contributed by atoms with Crippen molar-refractivity contribution in [2.75, 3.05) is 37.6 Å². The number of carbonyl (C=O) groups excluding carboxylic acids is 1. The minimum absolute atomic E-state index is 0.0770. The van der Waals surface area contributed by atoms with Gasteiger partial charge in [-0.2, -0.15) is 10.2 Å². The van der Waals surface area contributed by atoms with Crippen molar-refractivity contribution in [1.82, 2.24) is 39.7 Å². The Morgan fingerprint density at radius 3 is 2.61 bits per heavy atom. The summed E-state index contributed by atoms with van der Waals surface area (Å²) in [7, 11) is 1.90. The van der Waals surface area contributed by atoms with Gasteiger partial charge in [-0.05, 0) is 0 Å². The molecular weight excluding hydrogens is 394 g/mol. The number of hydrogen-bond donors (Lipinski definition) is 1. The van der Waals surface area contributed by atoms with Gasteiger partial charge < -0.3 is 9.80 Å². The molecule has 0 saturated carbocycles. The Hall–Kier alpha value is -3.27. The van der Waals surface area contributed by atoms with Crippen LogP contribution in [0.5, 0.6) is 0 Å². The van der Waals surface area contributed by atoms with Crippen LogP contribution in [0.4, 0.5) is 5.82 Å². The average molecular weight is 422 g/mol. The number of piperazine rings is 1. The summed E-state index contributed by atoms with van der Waals surface area (Å²) < 4.78 is 1.78. The highest BCUT2D eigenvalue weighted by Crippen LogP contribution is 2.31. The predicted octanol–water partition coefficient (Wildman–Crippen LogP) is 0.827. The molecule has 3 aromatic heterocycles. The van der Waals surface area contributed by atoms with Gasteiger partial charge >= 0.3 is 0 Å². The van der Waals surface area contributed by atoms with Crippen LogP contribution in [0.2, 0.25) is 0 Å². The van der Waals surface area contributed by atoms with Crippen LogP contribution in [0.25, 0.3) is 11.3 Å². The molecule has 0 atom stereocenters. The number of anilines is 1. The van der Waals surface area contributed by atoms with Gasteiger partial charge in [0.1, 0.15) is 5.69 Å². The van der Waals surface area contributed by atoms with Crippen molar-refractivity contribution in [3.8, 4) is 11.3 Å². The molecule has 0 bridgehead atoms. The van der Waals surface area contributed by atoms with Crippen molar-refractivity contribution in [1.29, 1.82) is 0 Å². The zero-order chi connectivity index (χ0) is 21.4. The van der Waals surface area contributed by atoms with Crippen molar-refractivity contribution >= 4 is 11.7 Å². The van der Waals surface area contributed by atoms with Gasteiger partial charge in [0.25, 0.3) is 0 Å². The van der Waals surface area contributed by atoms with Crippen LogP contribution in [0.15, 0.2) is 24.8 Å². The maximum absolute atomic E-state index is 11.9. The van der Waals surface area contributed by atoms with E-state index in [4.69, 9.17) is 9.97 Å². The van der Waals surface area contributed by atoms with Crippen molar-refractivity contribution in [2.45, 2.75) is 26.4 Å². The van der Waals surface area contributed by atoms with E-state index < -0.39 is 0 Å². The highest BCUT2D eigenvalue weighted by atomic mass is 16.2. The molecule has 1 N–H and O–H groups in total. The van der Waals surface area contributed by atoms with Crippen LogP contribution < -0.4 is 4.90 Å². The van der Waals surface area contributed by atoms with Gasteiger partial charge in [-0.3, -0.25) is 19.5 Å². The molecule has 31 heavy (non-hydrogen) atoms. The second-order valence-electron chi connectivity index (χ2n) is 8.25. The SMILES string of the molecule is CC(=O)N1CCc2nc(N3CCN(Cc4cn[nH]c4)CC3)c(-c3cnn(C)c3)nc2C1. The molecule has 2 aliphatic rings. The third kappa shape index (κ3) is 4.02. The minimum atomic E-state index is 0.0770. The van der Waals surface area contributed by atoms with Gasteiger partial charge in [-0.15, -0.1) is 0 Å². The molecule has 1 saturated heterocycles. The predicted molar refractivity (Wildman–Crippen MR) is 115 cm³/mol. The molecule has 0 unspecified atom stereocenters. The number of aromatic amines is 1. The Kier molecular flexibility index (Phi) is 5.14. The molecule has 1 fully saturated rings. The maximum Gasteiger partial charge on any atom is 0.219 e. The fourth-order valence-corrected chi connectivity index (χ4v) is 4.29. The Labute approximate surface area is 180 Å². The van der Waals surface area contributed by atoms with Crippen LogP contribution in [0.3, 0.4) is 0 Å². The molecule has 1 amide bonds. The van der Waals surface area contributed by atoms with E-state index in [0.29, 0.717) is 13.1 Å². The fourth-order valence-electron chi connectivity index (χ4n) is 4.29. The van der Waals surface area contributed by atoms with Crippen LogP contribution in [0.1, 0.15) is 23.9 Å². The first kappa shape index (κ1) is 19.7. The van der Waals surface area contributed by atoms with E-state index in [-0.39, 0.29) is 5.91 Å². The fraction of sp³-hybridized carbons (Fsp3) is 0.476. The summed E-state index contributed by atoms with van der Waals surface area (Å²) in [4.78, 5) is 28.5. The van der Waals surface area contributed by atoms with Crippen LogP contribution in [-0.2, 0) is 31.4 Å². The summed E-state index contributed by atoms with van der Waals surface area (Å²) in [5.41, 5.74) is 4.89. The van der Waals surface area contributed by atoms with Crippen molar-refractivity contribution in [2.24, 2.45) is 7.05 Å². The third-order valence-electron chi connectivity index (χ3n) is 6.05. The maximum atomic E-state index is 11.9. The van der Waals surface area contributed by atoms with E-state index in [9.17, 15) is 4.79 Å². The first-order chi connectivity index (χ1) is 15.1. The van der Waals surface area contributed by atoms with Gasteiger partial charge in [0, 0.05) is 83.2 Å². The van der Waals surface area contributed by atoms with Gasteiger partial charge in [-0.25, -0.2) is 9.97 Å². The van der Waals surface area contributed by atoms with E-state index in [2.05, 4.69) is 25.1 Å². The highest BCUT2D eigenvalue weighted by Gasteiger charge is 2.27. The topological polar surface area (TPSA) is 99.1 Å². The lowest BCUT2D eigenvalue weighted by Gasteiger charge is -2.36. The Morgan fingerprint density at radius 1 is 1.10 bits per heavy atom. The quantitative estimate of drug-likeness (QED) is 0.666. The molecule has 10 nitrogen and oxygen atoms in total. The summed E-state index contributed by atoms with van der Waals surface area (Å²) in [6.07, 6.45) is 8.38. The zero-order valence-electron chi connectivity index (χ0n) is 18.0. The summed E-state index contributed by atoms with van der Waals surface area (Å²) in [5, 5.41) is 11.3. The lowest BCUT2D eigenvalue weighted by Crippen LogP contribution is -2.46. The van der Waals surface area contributed by atoms with E-state index in [1.807, 2.05) is 36.7 Å². The molecule has 162 valence electrons. The molecule has 5 heterocycles. The number of amides is 1. The number of aryl methyl sites for hydroxylation is 1. The molecular formula is C21H27N9O. The normalized spacial score (nSPS) is 17.1. The smallest absolute Gasteiger partial charge is 0.219 e. The van der Waals surface area contributed by atoms with E-state index in [0.717, 1.165) is 67.6 Å². The molecule has 0 radical (unpaired) electrons. The monoisotopic (exact) mass is 421 g/mol. The Bertz CT molecular complexity index is 1070. The van der Waals surface area contributed by atoms with Crippen LogP contribution in [0, 0.1) is 0 Å². The van der Waals surface area contributed by atoms with Crippen molar-refractivity contribution < 1.29 is 4.79 Å². The van der Waals surface area contributed by atoms with Gasteiger partial charge in [0.2, 0.25) is 5.91 Å².